The van der Waals surface area contributed by atoms with Crippen LogP contribution < -0.4 is 15.4 Å². The molecule has 4 rings (SSSR count). The van der Waals surface area contributed by atoms with Crippen LogP contribution in [-0.2, 0) is 11.3 Å². The van der Waals surface area contributed by atoms with Gasteiger partial charge in [-0.3, -0.25) is 19.1 Å². The topological polar surface area (TPSA) is 80.6 Å². The van der Waals surface area contributed by atoms with Gasteiger partial charge in [0.25, 0.3) is 5.56 Å². The zero-order valence-electron chi connectivity index (χ0n) is 17.6. The SMILES string of the molecule is CCC1CN(c2cc(=O)n3c(n2)N(CC(=O)c2ccccn2)[C@H](C(F)(F)F)CC3)CCO1. The van der Waals surface area contributed by atoms with Crippen LogP contribution in [-0.4, -0.2) is 64.9 Å². The maximum absolute atomic E-state index is 13.9. The maximum Gasteiger partial charge on any atom is 0.408 e. The number of ether oxygens (including phenoxy) is 1. The van der Waals surface area contributed by atoms with E-state index in [1.54, 1.807) is 12.1 Å². The second-order valence-electron chi connectivity index (χ2n) is 7.86. The molecular weight excluding hydrogens is 427 g/mol. The van der Waals surface area contributed by atoms with Crippen LogP contribution in [0.5, 0.6) is 0 Å². The van der Waals surface area contributed by atoms with Crippen LogP contribution in [0.1, 0.15) is 30.3 Å². The number of pyridine rings is 1. The van der Waals surface area contributed by atoms with Crippen molar-refractivity contribution in [1.82, 2.24) is 14.5 Å². The number of carbonyl (C=O) groups is 1. The molecule has 0 amide bonds. The van der Waals surface area contributed by atoms with Crippen LogP contribution in [0.3, 0.4) is 0 Å². The quantitative estimate of drug-likeness (QED) is 0.646. The van der Waals surface area contributed by atoms with Gasteiger partial charge in [0, 0.05) is 31.9 Å². The maximum atomic E-state index is 13.9. The number of aromatic nitrogens is 3. The lowest BCUT2D eigenvalue weighted by molar-refractivity contribution is -0.152. The number of rotatable bonds is 5. The fourth-order valence-electron chi connectivity index (χ4n) is 4.08. The van der Waals surface area contributed by atoms with Crippen molar-refractivity contribution in [2.45, 2.75) is 44.6 Å². The summed E-state index contributed by atoms with van der Waals surface area (Å²) in [6.07, 6.45) is -2.81. The highest BCUT2D eigenvalue weighted by Gasteiger charge is 2.47. The van der Waals surface area contributed by atoms with Crippen molar-refractivity contribution >= 4 is 17.5 Å². The van der Waals surface area contributed by atoms with E-state index in [2.05, 4.69) is 9.97 Å². The summed E-state index contributed by atoms with van der Waals surface area (Å²) in [5.41, 5.74) is -0.386. The van der Waals surface area contributed by atoms with E-state index >= 15 is 0 Å². The summed E-state index contributed by atoms with van der Waals surface area (Å²) in [6, 6.07) is 4.07. The van der Waals surface area contributed by atoms with E-state index < -0.39 is 30.1 Å². The van der Waals surface area contributed by atoms with Gasteiger partial charge in [-0.1, -0.05) is 13.0 Å². The van der Waals surface area contributed by atoms with Crippen molar-refractivity contribution < 1.29 is 22.7 Å². The standard InChI is InChI=1S/C21H24F3N5O3/c1-2-14-12-27(9-10-32-14)18-11-19(31)28-8-6-17(21(22,23)24)29(20(28)26-18)13-16(30)15-5-3-4-7-25-15/h3-5,7,11,14,17H,2,6,8-10,12-13H2,1H3/t14?,17-/m0/s1. The van der Waals surface area contributed by atoms with Crippen LogP contribution >= 0.6 is 0 Å². The molecule has 0 aliphatic carbocycles. The molecule has 2 aromatic heterocycles. The Hall–Kier alpha value is -2.95. The minimum atomic E-state index is -4.59. The molecule has 172 valence electrons. The van der Waals surface area contributed by atoms with E-state index in [9.17, 15) is 22.8 Å². The summed E-state index contributed by atoms with van der Waals surface area (Å²) < 4.78 is 48.5. The number of fused-ring (bicyclic) bond motifs is 1. The third-order valence-corrected chi connectivity index (χ3v) is 5.79. The van der Waals surface area contributed by atoms with Crippen molar-refractivity contribution in [2.75, 3.05) is 36.0 Å². The molecular formula is C21H24F3N5O3. The number of halogens is 3. The number of morpholine rings is 1. The number of alkyl halides is 3. The largest absolute Gasteiger partial charge is 0.408 e. The number of Topliss-reactive ketones (excluding diaryl/α,β-unsaturated/α-hetero) is 1. The average Bonchev–Trinajstić information content (AvgIpc) is 2.79. The summed E-state index contributed by atoms with van der Waals surface area (Å²) in [7, 11) is 0. The highest BCUT2D eigenvalue weighted by molar-refractivity contribution is 5.97. The summed E-state index contributed by atoms with van der Waals surface area (Å²) in [5, 5.41) is 0. The number of anilines is 2. The number of hydrogen-bond acceptors (Lipinski definition) is 7. The molecule has 0 bridgehead atoms. The highest BCUT2D eigenvalue weighted by atomic mass is 19.4. The number of ketones is 1. The van der Waals surface area contributed by atoms with Gasteiger partial charge in [-0.25, -0.2) is 0 Å². The van der Waals surface area contributed by atoms with Gasteiger partial charge >= 0.3 is 6.18 Å². The molecule has 0 aromatic carbocycles. The normalized spacial score (nSPS) is 21.4. The van der Waals surface area contributed by atoms with E-state index in [0.717, 1.165) is 11.3 Å². The van der Waals surface area contributed by atoms with Gasteiger partial charge in [-0.2, -0.15) is 18.2 Å². The fraction of sp³-hybridized carbons (Fsp3) is 0.524. The first kappa shape index (κ1) is 22.3. The van der Waals surface area contributed by atoms with E-state index in [1.165, 1.54) is 22.9 Å². The van der Waals surface area contributed by atoms with Gasteiger partial charge in [-0.15, -0.1) is 0 Å². The smallest absolute Gasteiger partial charge is 0.375 e. The lowest BCUT2D eigenvalue weighted by Crippen LogP contribution is -2.54. The molecule has 8 nitrogen and oxygen atoms in total. The zero-order valence-corrected chi connectivity index (χ0v) is 17.6. The zero-order chi connectivity index (χ0) is 22.9. The van der Waals surface area contributed by atoms with Crippen LogP contribution in [0.25, 0.3) is 0 Å². The Bertz CT molecular complexity index is 1030. The number of carbonyl (C=O) groups excluding carboxylic acids is 1. The Morgan fingerprint density at radius 1 is 1.28 bits per heavy atom. The fourth-order valence-corrected chi connectivity index (χ4v) is 4.08. The minimum Gasteiger partial charge on any atom is -0.375 e. The molecule has 1 saturated heterocycles. The molecule has 2 atom stereocenters. The molecule has 0 N–H and O–H groups in total. The Morgan fingerprint density at radius 2 is 2.09 bits per heavy atom. The Labute approximate surface area is 182 Å². The molecule has 11 heteroatoms. The predicted octanol–water partition coefficient (Wildman–Crippen LogP) is 2.28. The summed E-state index contributed by atoms with van der Waals surface area (Å²) in [4.78, 5) is 36.7. The van der Waals surface area contributed by atoms with Crippen molar-refractivity contribution in [1.29, 1.82) is 0 Å². The first-order valence-corrected chi connectivity index (χ1v) is 10.5. The Kier molecular flexibility index (Phi) is 6.18. The van der Waals surface area contributed by atoms with Gasteiger partial charge in [0.1, 0.15) is 17.6 Å². The van der Waals surface area contributed by atoms with Crippen molar-refractivity contribution in [2.24, 2.45) is 0 Å². The Morgan fingerprint density at radius 3 is 2.78 bits per heavy atom. The predicted molar refractivity (Wildman–Crippen MR) is 111 cm³/mol. The lowest BCUT2D eigenvalue weighted by atomic mass is 10.1. The Balaban J connectivity index is 1.73. The number of nitrogens with zero attached hydrogens (tertiary/aromatic N) is 5. The highest BCUT2D eigenvalue weighted by Crippen LogP contribution is 2.34. The van der Waals surface area contributed by atoms with Crippen LogP contribution in [0.15, 0.2) is 35.3 Å². The van der Waals surface area contributed by atoms with Gasteiger partial charge in [0.05, 0.1) is 19.3 Å². The van der Waals surface area contributed by atoms with Gasteiger partial charge in [0.15, 0.2) is 5.78 Å². The summed E-state index contributed by atoms with van der Waals surface area (Å²) >= 11 is 0. The average molecular weight is 451 g/mol. The third-order valence-electron chi connectivity index (χ3n) is 5.79. The molecule has 2 aliphatic rings. The molecule has 32 heavy (non-hydrogen) atoms. The van der Waals surface area contributed by atoms with Crippen LogP contribution in [0.4, 0.5) is 24.9 Å². The molecule has 1 unspecified atom stereocenters. The van der Waals surface area contributed by atoms with E-state index in [4.69, 9.17) is 4.74 Å². The minimum absolute atomic E-state index is 0.0471. The second kappa shape index (κ2) is 8.89. The van der Waals surface area contributed by atoms with E-state index in [0.29, 0.717) is 25.5 Å². The van der Waals surface area contributed by atoms with Crippen molar-refractivity contribution in [3.63, 3.8) is 0 Å². The summed E-state index contributed by atoms with van der Waals surface area (Å²) in [6.45, 7) is 2.66. The van der Waals surface area contributed by atoms with Gasteiger partial charge in [-0.05, 0) is 25.0 Å². The molecule has 0 spiro atoms. The second-order valence-corrected chi connectivity index (χ2v) is 7.86. The molecule has 4 heterocycles. The van der Waals surface area contributed by atoms with Gasteiger partial charge < -0.3 is 14.5 Å². The lowest BCUT2D eigenvalue weighted by Gasteiger charge is -2.39. The third kappa shape index (κ3) is 4.47. The molecule has 2 aliphatic heterocycles. The molecule has 1 fully saturated rings. The van der Waals surface area contributed by atoms with Crippen LogP contribution in [0, 0.1) is 0 Å². The van der Waals surface area contributed by atoms with E-state index in [1.807, 2.05) is 11.8 Å². The molecule has 0 radical (unpaired) electrons. The molecule has 2 aromatic rings. The van der Waals surface area contributed by atoms with Crippen molar-refractivity contribution in [3.8, 4) is 0 Å². The first-order valence-electron chi connectivity index (χ1n) is 10.5. The van der Waals surface area contributed by atoms with Gasteiger partial charge in [0.2, 0.25) is 5.95 Å². The monoisotopic (exact) mass is 451 g/mol. The van der Waals surface area contributed by atoms with Crippen molar-refractivity contribution in [3.05, 3.63) is 46.5 Å². The van der Waals surface area contributed by atoms with E-state index in [-0.39, 0.29) is 30.7 Å². The number of hydrogen-bond donors (Lipinski definition) is 0. The summed E-state index contributed by atoms with van der Waals surface area (Å²) in [5.74, 6) is -0.434. The van der Waals surface area contributed by atoms with Crippen LogP contribution in [0.2, 0.25) is 0 Å². The first-order chi connectivity index (χ1) is 15.3. The molecule has 0 saturated carbocycles.